The second-order valence-corrected chi connectivity index (χ2v) is 3.86. The van der Waals surface area contributed by atoms with Gasteiger partial charge in [0.25, 0.3) is 0 Å². The van der Waals surface area contributed by atoms with Crippen LogP contribution in [0.4, 0.5) is 10.6 Å². The number of anilines is 1. The molecule has 8 nitrogen and oxygen atoms in total. The zero-order valence-electron chi connectivity index (χ0n) is 9.99. The number of carbonyl (C=O) groups is 1. The summed E-state index contributed by atoms with van der Waals surface area (Å²) < 4.78 is 1.64. The summed E-state index contributed by atoms with van der Waals surface area (Å²) >= 11 is 0. The molecule has 0 saturated heterocycles. The Morgan fingerprint density at radius 3 is 3.28 bits per heavy atom. The van der Waals surface area contributed by atoms with Gasteiger partial charge in [-0.25, -0.2) is 9.59 Å². The van der Waals surface area contributed by atoms with Gasteiger partial charge in [0.2, 0.25) is 6.08 Å². The number of aryl methyl sites for hydroxylation is 1. The molecular weight excluding hydrogens is 236 g/mol. The molecule has 0 radical (unpaired) electrons. The highest BCUT2D eigenvalue weighted by atomic mass is 16.2. The van der Waals surface area contributed by atoms with Gasteiger partial charge >= 0.3 is 6.03 Å². The van der Waals surface area contributed by atoms with E-state index in [2.05, 4.69) is 26.0 Å². The number of hydrogen-bond donors (Lipinski definition) is 3. The molecule has 3 N–H and O–H groups in total. The topological polar surface area (TPSA) is 100 Å². The molecule has 96 valence electrons. The lowest BCUT2D eigenvalue weighted by atomic mass is 10.1. The molecular formula is C10H14N6O2. The van der Waals surface area contributed by atoms with Crippen molar-refractivity contribution in [3.8, 4) is 0 Å². The van der Waals surface area contributed by atoms with E-state index in [1.807, 2.05) is 0 Å². The van der Waals surface area contributed by atoms with Gasteiger partial charge in [-0.3, -0.25) is 10.00 Å². The third kappa shape index (κ3) is 2.55. The number of aromatic nitrogens is 2. The normalized spacial score (nSPS) is 13.4. The van der Waals surface area contributed by atoms with Crippen LogP contribution < -0.4 is 16.0 Å². The number of nitrogens with zero attached hydrogens (tertiary/aromatic N) is 3. The van der Waals surface area contributed by atoms with Gasteiger partial charge in [-0.1, -0.05) is 0 Å². The maximum atomic E-state index is 11.5. The quantitative estimate of drug-likeness (QED) is 0.496. The summed E-state index contributed by atoms with van der Waals surface area (Å²) in [7, 11) is 1.78. The van der Waals surface area contributed by atoms with Crippen molar-refractivity contribution in [2.75, 3.05) is 18.5 Å². The number of nitrogens with one attached hydrogen (secondary N) is 3. The van der Waals surface area contributed by atoms with E-state index < -0.39 is 6.03 Å². The Balaban J connectivity index is 2.06. The van der Waals surface area contributed by atoms with Crippen molar-refractivity contribution in [2.24, 2.45) is 12.0 Å². The SMILES string of the molecule is Cn1nc2c(c1NC(=O)NCN=C=O)CNCC2. The predicted molar refractivity (Wildman–Crippen MR) is 63.8 cm³/mol. The van der Waals surface area contributed by atoms with Crippen LogP contribution in [0.15, 0.2) is 4.99 Å². The molecule has 2 amide bonds. The smallest absolute Gasteiger partial charge is 0.318 e. The fraction of sp³-hybridized carbons (Fsp3) is 0.500. The molecule has 0 aliphatic carbocycles. The summed E-state index contributed by atoms with van der Waals surface area (Å²) in [5, 5.41) is 12.7. The van der Waals surface area contributed by atoms with Crippen LogP contribution in [0.25, 0.3) is 0 Å². The Hall–Kier alpha value is -2.18. The second kappa shape index (κ2) is 5.44. The molecule has 0 fully saturated rings. The molecule has 0 aromatic carbocycles. The van der Waals surface area contributed by atoms with Crippen LogP contribution in [0.3, 0.4) is 0 Å². The number of urea groups is 1. The van der Waals surface area contributed by atoms with Crippen molar-refractivity contribution >= 4 is 17.9 Å². The summed E-state index contributed by atoms with van der Waals surface area (Å²) in [5.74, 6) is 0.657. The minimum atomic E-state index is -0.426. The molecule has 8 heteroatoms. The first-order valence-electron chi connectivity index (χ1n) is 5.56. The average Bonchev–Trinajstić information content (AvgIpc) is 2.67. The van der Waals surface area contributed by atoms with Gasteiger partial charge < -0.3 is 10.6 Å². The molecule has 1 aliphatic heterocycles. The number of hydrogen-bond acceptors (Lipinski definition) is 5. The van der Waals surface area contributed by atoms with Crippen LogP contribution in [0.1, 0.15) is 11.3 Å². The molecule has 1 aromatic rings. The number of carbonyl (C=O) groups excluding carboxylic acids is 2. The standard InChI is InChI=1S/C10H14N6O2/c1-16-9(14-10(18)13-5-12-6-17)7-4-11-3-2-8(7)15-16/h11H,2-5H2,1H3,(H2,13,14,18). The minimum absolute atomic E-state index is 0.0897. The minimum Gasteiger partial charge on any atom is -0.318 e. The monoisotopic (exact) mass is 250 g/mol. The van der Waals surface area contributed by atoms with Crippen LogP contribution in [0.5, 0.6) is 0 Å². The van der Waals surface area contributed by atoms with Gasteiger partial charge in [-0.2, -0.15) is 10.1 Å². The fourth-order valence-electron chi connectivity index (χ4n) is 1.88. The molecule has 0 saturated carbocycles. The van der Waals surface area contributed by atoms with E-state index in [1.54, 1.807) is 11.7 Å². The average molecular weight is 250 g/mol. The number of isocyanates is 1. The first-order chi connectivity index (χ1) is 8.72. The summed E-state index contributed by atoms with van der Waals surface area (Å²) in [4.78, 5) is 24.7. The Kier molecular flexibility index (Phi) is 3.71. The lowest BCUT2D eigenvalue weighted by molar-refractivity contribution is 0.252. The van der Waals surface area contributed by atoms with Crippen molar-refractivity contribution in [1.29, 1.82) is 0 Å². The molecule has 0 spiro atoms. The lowest BCUT2D eigenvalue weighted by Gasteiger charge is -2.13. The van der Waals surface area contributed by atoms with Crippen LogP contribution in [0.2, 0.25) is 0 Å². The van der Waals surface area contributed by atoms with Crippen LogP contribution in [-0.4, -0.2) is 35.1 Å². The zero-order valence-corrected chi connectivity index (χ0v) is 9.99. The highest BCUT2D eigenvalue weighted by Gasteiger charge is 2.20. The van der Waals surface area contributed by atoms with Crippen LogP contribution in [-0.2, 0) is 24.8 Å². The molecule has 0 atom stereocenters. The van der Waals surface area contributed by atoms with Gasteiger partial charge in [-0.05, 0) is 0 Å². The van der Waals surface area contributed by atoms with E-state index in [4.69, 9.17) is 0 Å². The van der Waals surface area contributed by atoms with E-state index in [9.17, 15) is 9.59 Å². The maximum absolute atomic E-state index is 11.5. The van der Waals surface area contributed by atoms with Gasteiger partial charge in [0.05, 0.1) is 5.69 Å². The molecule has 2 rings (SSSR count). The van der Waals surface area contributed by atoms with Crippen LogP contribution >= 0.6 is 0 Å². The highest BCUT2D eigenvalue weighted by Crippen LogP contribution is 2.21. The first kappa shape index (κ1) is 12.3. The molecule has 1 aliphatic rings. The summed E-state index contributed by atoms with van der Waals surface area (Å²) in [6.07, 6.45) is 2.20. The predicted octanol–water partition coefficient (Wildman–Crippen LogP) is -0.519. The fourth-order valence-corrected chi connectivity index (χ4v) is 1.88. The van der Waals surface area contributed by atoms with E-state index in [0.29, 0.717) is 12.4 Å². The first-order valence-corrected chi connectivity index (χ1v) is 5.56. The third-order valence-electron chi connectivity index (χ3n) is 2.68. The zero-order chi connectivity index (χ0) is 13.0. The van der Waals surface area contributed by atoms with E-state index in [-0.39, 0.29) is 6.67 Å². The number of rotatable bonds is 3. The summed E-state index contributed by atoms with van der Waals surface area (Å²) in [6.45, 7) is 1.49. The van der Waals surface area contributed by atoms with Crippen LogP contribution in [0, 0.1) is 0 Å². The Labute approximate surface area is 103 Å². The molecule has 0 bridgehead atoms. The van der Waals surface area contributed by atoms with Crippen molar-refractivity contribution < 1.29 is 9.59 Å². The van der Waals surface area contributed by atoms with Crippen molar-refractivity contribution in [1.82, 2.24) is 20.4 Å². The van der Waals surface area contributed by atoms with Gasteiger partial charge in [0, 0.05) is 32.1 Å². The second-order valence-electron chi connectivity index (χ2n) is 3.86. The van der Waals surface area contributed by atoms with E-state index in [1.165, 1.54) is 6.08 Å². The lowest BCUT2D eigenvalue weighted by Crippen LogP contribution is -2.30. The molecule has 0 unspecified atom stereocenters. The van der Waals surface area contributed by atoms with E-state index >= 15 is 0 Å². The number of fused-ring (bicyclic) bond motifs is 1. The third-order valence-corrected chi connectivity index (χ3v) is 2.68. The van der Waals surface area contributed by atoms with Gasteiger partial charge in [-0.15, -0.1) is 0 Å². The Morgan fingerprint density at radius 2 is 2.50 bits per heavy atom. The van der Waals surface area contributed by atoms with E-state index in [0.717, 1.165) is 24.2 Å². The highest BCUT2D eigenvalue weighted by molar-refractivity contribution is 5.89. The number of amides is 2. The van der Waals surface area contributed by atoms with Crippen molar-refractivity contribution in [3.05, 3.63) is 11.3 Å². The maximum Gasteiger partial charge on any atom is 0.321 e. The van der Waals surface area contributed by atoms with Gasteiger partial charge in [0.15, 0.2) is 0 Å². The summed E-state index contributed by atoms with van der Waals surface area (Å²) in [6, 6.07) is -0.426. The summed E-state index contributed by atoms with van der Waals surface area (Å²) in [5.41, 5.74) is 2.00. The van der Waals surface area contributed by atoms with Gasteiger partial charge in [0.1, 0.15) is 12.5 Å². The Morgan fingerprint density at radius 1 is 1.67 bits per heavy atom. The Bertz CT molecular complexity index is 503. The number of aliphatic imine (C=N–C) groups is 1. The molecule has 18 heavy (non-hydrogen) atoms. The largest absolute Gasteiger partial charge is 0.321 e. The van der Waals surface area contributed by atoms with Crippen molar-refractivity contribution in [3.63, 3.8) is 0 Å². The molecule has 1 aromatic heterocycles. The molecule has 2 heterocycles. The van der Waals surface area contributed by atoms with Crippen molar-refractivity contribution in [2.45, 2.75) is 13.0 Å².